The van der Waals surface area contributed by atoms with E-state index in [1.54, 1.807) is 7.11 Å². The van der Waals surface area contributed by atoms with Gasteiger partial charge in [0, 0.05) is 26.1 Å². The second-order valence-corrected chi connectivity index (χ2v) is 5.35. The lowest BCUT2D eigenvalue weighted by molar-refractivity contribution is -0.0178. The number of methoxy groups -OCH3 is 1. The molecule has 1 unspecified atom stereocenters. The molecule has 0 radical (unpaired) electrons. The molecule has 2 fully saturated rings. The Hall–Kier alpha value is -0.980. The fourth-order valence-corrected chi connectivity index (χ4v) is 2.95. The Morgan fingerprint density at radius 2 is 2.26 bits per heavy atom. The number of nitrogens with zero attached hydrogens (tertiary/aromatic N) is 2. The van der Waals surface area contributed by atoms with Gasteiger partial charge in [0.2, 0.25) is 11.7 Å². The molecular weight excluding hydrogens is 246 g/mol. The van der Waals surface area contributed by atoms with Gasteiger partial charge in [0.25, 0.3) is 0 Å². The lowest BCUT2D eigenvalue weighted by Gasteiger charge is -2.23. The molecule has 1 N–H and O–H groups in total. The second kappa shape index (κ2) is 5.56. The molecular formula is C13H21N3O3. The average molecular weight is 267 g/mol. The van der Waals surface area contributed by atoms with E-state index in [0.717, 1.165) is 38.8 Å². The maximum absolute atomic E-state index is 5.66. The molecule has 1 saturated heterocycles. The second-order valence-electron chi connectivity index (χ2n) is 5.35. The van der Waals surface area contributed by atoms with Gasteiger partial charge >= 0.3 is 0 Å². The van der Waals surface area contributed by atoms with Gasteiger partial charge in [0.15, 0.2) is 0 Å². The van der Waals surface area contributed by atoms with Gasteiger partial charge in [-0.25, -0.2) is 0 Å². The third kappa shape index (κ3) is 2.66. The molecule has 2 heterocycles. The van der Waals surface area contributed by atoms with E-state index in [-0.39, 0.29) is 11.6 Å². The summed E-state index contributed by atoms with van der Waals surface area (Å²) >= 11 is 0. The quantitative estimate of drug-likeness (QED) is 0.878. The van der Waals surface area contributed by atoms with E-state index in [4.69, 9.17) is 14.0 Å². The van der Waals surface area contributed by atoms with Crippen molar-refractivity contribution in [3.63, 3.8) is 0 Å². The number of morpholine rings is 1. The SMILES string of the molecule is COC1(c2noc(CC3COCCN3)n2)CCCC1. The van der Waals surface area contributed by atoms with E-state index in [0.29, 0.717) is 24.7 Å². The Kier molecular flexibility index (Phi) is 3.81. The van der Waals surface area contributed by atoms with E-state index in [1.165, 1.54) is 0 Å². The minimum Gasteiger partial charge on any atom is -0.378 e. The van der Waals surface area contributed by atoms with Crippen LogP contribution in [0.15, 0.2) is 4.52 Å². The fraction of sp³-hybridized carbons (Fsp3) is 0.846. The highest BCUT2D eigenvalue weighted by atomic mass is 16.5. The van der Waals surface area contributed by atoms with Crippen molar-refractivity contribution < 1.29 is 14.0 Å². The topological polar surface area (TPSA) is 69.4 Å². The molecule has 1 aliphatic carbocycles. The number of nitrogens with one attached hydrogen (secondary N) is 1. The van der Waals surface area contributed by atoms with E-state index >= 15 is 0 Å². The van der Waals surface area contributed by atoms with Crippen LogP contribution in [0.1, 0.15) is 37.4 Å². The van der Waals surface area contributed by atoms with Crippen molar-refractivity contribution in [3.8, 4) is 0 Å². The lowest BCUT2D eigenvalue weighted by atomic mass is 10.0. The number of hydrogen-bond donors (Lipinski definition) is 1. The summed E-state index contributed by atoms with van der Waals surface area (Å²) in [4.78, 5) is 4.53. The first-order valence-electron chi connectivity index (χ1n) is 7.02. The highest BCUT2D eigenvalue weighted by molar-refractivity contribution is 5.05. The van der Waals surface area contributed by atoms with Crippen LogP contribution in [0.5, 0.6) is 0 Å². The van der Waals surface area contributed by atoms with Crippen molar-refractivity contribution in [3.05, 3.63) is 11.7 Å². The predicted molar refractivity (Wildman–Crippen MR) is 67.8 cm³/mol. The number of aromatic nitrogens is 2. The van der Waals surface area contributed by atoms with Crippen molar-refractivity contribution in [1.29, 1.82) is 0 Å². The predicted octanol–water partition coefficient (Wildman–Crippen LogP) is 1.02. The Bertz CT molecular complexity index is 409. The van der Waals surface area contributed by atoms with Gasteiger partial charge in [-0.2, -0.15) is 4.98 Å². The van der Waals surface area contributed by atoms with Crippen molar-refractivity contribution in [2.45, 2.75) is 43.7 Å². The molecule has 2 aliphatic rings. The lowest BCUT2D eigenvalue weighted by Crippen LogP contribution is -2.42. The minimum atomic E-state index is -0.321. The van der Waals surface area contributed by atoms with E-state index < -0.39 is 0 Å². The van der Waals surface area contributed by atoms with Gasteiger partial charge in [0.1, 0.15) is 5.60 Å². The Balaban J connectivity index is 1.68. The third-order valence-corrected chi connectivity index (χ3v) is 4.10. The number of rotatable bonds is 4. The molecule has 1 aromatic rings. The maximum atomic E-state index is 5.66. The summed E-state index contributed by atoms with van der Waals surface area (Å²) in [5, 5.41) is 7.51. The van der Waals surface area contributed by atoms with Gasteiger partial charge in [-0.1, -0.05) is 5.16 Å². The molecule has 1 aromatic heterocycles. The first-order chi connectivity index (χ1) is 9.32. The van der Waals surface area contributed by atoms with Crippen LogP contribution in [-0.2, 0) is 21.5 Å². The van der Waals surface area contributed by atoms with Crippen LogP contribution >= 0.6 is 0 Å². The van der Waals surface area contributed by atoms with Crippen LogP contribution in [0.4, 0.5) is 0 Å². The molecule has 0 amide bonds. The summed E-state index contributed by atoms with van der Waals surface area (Å²) in [5.74, 6) is 1.38. The molecule has 3 rings (SSSR count). The first kappa shape index (κ1) is 13.0. The standard InChI is InChI=1S/C13H21N3O3/c1-17-13(4-2-3-5-13)12-15-11(19-16-12)8-10-9-18-7-6-14-10/h10,14H,2-9H2,1H3. The van der Waals surface area contributed by atoms with Crippen LogP contribution in [-0.4, -0.2) is 43.1 Å². The largest absolute Gasteiger partial charge is 0.378 e. The Morgan fingerprint density at radius 1 is 1.42 bits per heavy atom. The maximum Gasteiger partial charge on any atom is 0.228 e. The fourth-order valence-electron chi connectivity index (χ4n) is 2.95. The van der Waals surface area contributed by atoms with Gasteiger partial charge in [-0.05, 0) is 25.7 Å². The summed E-state index contributed by atoms with van der Waals surface area (Å²) in [6.07, 6.45) is 5.00. The van der Waals surface area contributed by atoms with Crippen molar-refractivity contribution in [1.82, 2.24) is 15.5 Å². The summed E-state index contributed by atoms with van der Waals surface area (Å²) < 4.78 is 16.5. The number of ether oxygens (including phenoxy) is 2. The summed E-state index contributed by atoms with van der Waals surface area (Å²) in [7, 11) is 1.73. The van der Waals surface area contributed by atoms with Crippen molar-refractivity contribution >= 4 is 0 Å². The molecule has 0 bridgehead atoms. The summed E-state index contributed by atoms with van der Waals surface area (Å²) in [6, 6.07) is 0.268. The van der Waals surface area contributed by atoms with Gasteiger partial charge in [-0.15, -0.1) is 0 Å². The smallest absolute Gasteiger partial charge is 0.228 e. The average Bonchev–Trinajstić information content (AvgIpc) is 3.09. The van der Waals surface area contributed by atoms with Gasteiger partial charge in [0.05, 0.1) is 13.2 Å². The molecule has 1 saturated carbocycles. The van der Waals surface area contributed by atoms with Gasteiger partial charge < -0.3 is 19.3 Å². The van der Waals surface area contributed by atoms with Crippen molar-refractivity contribution in [2.75, 3.05) is 26.9 Å². The first-order valence-corrected chi connectivity index (χ1v) is 7.02. The molecule has 6 nitrogen and oxygen atoms in total. The molecule has 19 heavy (non-hydrogen) atoms. The molecule has 1 aliphatic heterocycles. The molecule has 6 heteroatoms. The Labute approximate surface area is 112 Å². The molecule has 106 valence electrons. The van der Waals surface area contributed by atoms with Crippen LogP contribution < -0.4 is 5.32 Å². The van der Waals surface area contributed by atoms with Crippen LogP contribution in [0.2, 0.25) is 0 Å². The zero-order chi connectivity index (χ0) is 13.1. The molecule has 0 aromatic carbocycles. The van der Waals surface area contributed by atoms with Crippen LogP contribution in [0.25, 0.3) is 0 Å². The van der Waals surface area contributed by atoms with E-state index in [2.05, 4.69) is 15.5 Å². The van der Waals surface area contributed by atoms with E-state index in [1.807, 2.05) is 0 Å². The normalized spacial score (nSPS) is 26.7. The summed E-state index contributed by atoms with van der Waals surface area (Å²) in [5.41, 5.74) is -0.321. The van der Waals surface area contributed by atoms with Crippen molar-refractivity contribution in [2.24, 2.45) is 0 Å². The minimum absolute atomic E-state index is 0.268. The zero-order valence-corrected chi connectivity index (χ0v) is 11.4. The third-order valence-electron chi connectivity index (χ3n) is 4.10. The van der Waals surface area contributed by atoms with Crippen LogP contribution in [0, 0.1) is 0 Å². The van der Waals surface area contributed by atoms with E-state index in [9.17, 15) is 0 Å². The highest BCUT2D eigenvalue weighted by Gasteiger charge is 2.40. The monoisotopic (exact) mass is 267 g/mol. The number of hydrogen-bond acceptors (Lipinski definition) is 6. The van der Waals surface area contributed by atoms with Gasteiger partial charge in [-0.3, -0.25) is 0 Å². The Morgan fingerprint density at radius 3 is 2.95 bits per heavy atom. The summed E-state index contributed by atoms with van der Waals surface area (Å²) in [6.45, 7) is 2.36. The molecule has 0 spiro atoms. The molecule has 1 atom stereocenters. The van der Waals surface area contributed by atoms with Crippen LogP contribution in [0.3, 0.4) is 0 Å². The zero-order valence-electron chi connectivity index (χ0n) is 11.4. The highest BCUT2D eigenvalue weighted by Crippen LogP contribution is 2.40.